The molecule has 0 aromatic carbocycles. The first kappa shape index (κ1) is 19.6. The molecule has 0 spiro atoms. The Kier molecular flexibility index (Phi) is 5.38. The van der Waals surface area contributed by atoms with Crippen LogP contribution < -0.4 is 5.73 Å². The smallest absolute Gasteiger partial charge is 0.475 e. The molecule has 0 unspecified atom stereocenters. The number of ether oxygens (including phenoxy) is 1. The van der Waals surface area contributed by atoms with Crippen molar-refractivity contribution in [3.63, 3.8) is 0 Å². The number of amides is 1. The van der Waals surface area contributed by atoms with Crippen LogP contribution in [-0.4, -0.2) is 67.6 Å². The van der Waals surface area contributed by atoms with Crippen molar-refractivity contribution < 1.29 is 32.6 Å². The minimum atomic E-state index is -5.08. The molecule has 0 saturated carbocycles. The van der Waals surface area contributed by atoms with Gasteiger partial charge in [-0.1, -0.05) is 5.21 Å². The van der Waals surface area contributed by atoms with Crippen molar-refractivity contribution in [3.8, 4) is 0 Å². The first-order valence-electron chi connectivity index (χ1n) is 6.55. The molecule has 0 aliphatic carbocycles. The largest absolute Gasteiger partial charge is 0.490 e. The Hall–Kier alpha value is -2.44. The molecule has 10 nitrogen and oxygen atoms in total. The highest BCUT2D eigenvalue weighted by Gasteiger charge is 2.47. The lowest BCUT2D eigenvalue weighted by molar-refractivity contribution is -0.192. The zero-order valence-electron chi connectivity index (χ0n) is 13.1. The lowest BCUT2D eigenvalue weighted by Gasteiger charge is -2.45. The Balaban J connectivity index is 0.000000351. The summed E-state index contributed by atoms with van der Waals surface area (Å²) in [6.07, 6.45) is -5.46. The predicted molar refractivity (Wildman–Crippen MR) is 71.5 cm³/mol. The lowest BCUT2D eigenvalue weighted by atomic mass is 9.91. The van der Waals surface area contributed by atoms with Gasteiger partial charge in [-0.3, -0.25) is 0 Å². The first-order chi connectivity index (χ1) is 10.7. The minimum Gasteiger partial charge on any atom is -0.475 e. The topological polar surface area (TPSA) is 147 Å². The second-order valence-corrected chi connectivity index (χ2v) is 6.03. The number of carboxylic acids is 1. The molecule has 0 atom stereocenters. The van der Waals surface area contributed by atoms with Gasteiger partial charge >= 0.3 is 18.2 Å². The van der Waals surface area contributed by atoms with Gasteiger partial charge in [-0.25, -0.2) is 9.59 Å². The van der Waals surface area contributed by atoms with E-state index in [1.165, 1.54) is 4.90 Å². The number of alkyl halides is 3. The van der Waals surface area contributed by atoms with Crippen LogP contribution in [-0.2, 0) is 15.1 Å². The second-order valence-electron chi connectivity index (χ2n) is 6.03. The van der Waals surface area contributed by atoms with Crippen molar-refractivity contribution >= 4 is 12.1 Å². The lowest BCUT2D eigenvalue weighted by Crippen LogP contribution is -2.67. The number of carbonyl (C=O) groups excluding carboxylic acids is 1. The van der Waals surface area contributed by atoms with E-state index in [4.69, 9.17) is 20.4 Å². The second kappa shape index (κ2) is 6.59. The van der Waals surface area contributed by atoms with Gasteiger partial charge in [0.05, 0.1) is 13.1 Å². The number of nitrogens with two attached hydrogens (primary N) is 1. The molecule has 13 heteroatoms. The van der Waals surface area contributed by atoms with Crippen LogP contribution in [0.3, 0.4) is 0 Å². The number of aromatic amines is 1. The first-order valence-corrected chi connectivity index (χ1v) is 6.55. The van der Waals surface area contributed by atoms with E-state index < -0.39 is 23.3 Å². The molecule has 1 amide bonds. The van der Waals surface area contributed by atoms with Crippen molar-refractivity contribution in [3.05, 3.63) is 5.82 Å². The molecular formula is C11H17F3N6O4. The van der Waals surface area contributed by atoms with Gasteiger partial charge in [0.15, 0.2) is 5.82 Å². The van der Waals surface area contributed by atoms with E-state index in [-0.39, 0.29) is 6.09 Å². The Labute approximate surface area is 134 Å². The van der Waals surface area contributed by atoms with Gasteiger partial charge in [0.25, 0.3) is 0 Å². The van der Waals surface area contributed by atoms with Crippen molar-refractivity contribution in [2.75, 3.05) is 13.1 Å². The minimum absolute atomic E-state index is 0.335. The van der Waals surface area contributed by atoms with Gasteiger partial charge < -0.3 is 20.5 Å². The van der Waals surface area contributed by atoms with Crippen LogP contribution >= 0.6 is 0 Å². The molecule has 2 rings (SSSR count). The summed E-state index contributed by atoms with van der Waals surface area (Å²) in [5, 5.41) is 20.6. The predicted octanol–water partition coefficient (Wildman–Crippen LogP) is 0.238. The SMILES string of the molecule is CC(C)(C)OC(=O)N1CC(N)(c2nn[nH]n2)C1.O=C(O)C(F)(F)F. The molecule has 1 aliphatic rings. The summed E-state index contributed by atoms with van der Waals surface area (Å²) in [5.41, 5.74) is 4.80. The molecule has 1 aromatic heterocycles. The zero-order chi connectivity index (χ0) is 18.8. The molecule has 1 saturated heterocycles. The molecule has 24 heavy (non-hydrogen) atoms. The third-order valence-corrected chi connectivity index (χ3v) is 2.63. The third-order valence-electron chi connectivity index (χ3n) is 2.63. The molecule has 0 radical (unpaired) electrons. The number of aliphatic carboxylic acids is 1. The maximum absolute atomic E-state index is 11.7. The third kappa shape index (κ3) is 5.33. The van der Waals surface area contributed by atoms with Crippen LogP contribution in [0, 0.1) is 0 Å². The molecule has 4 N–H and O–H groups in total. The zero-order valence-corrected chi connectivity index (χ0v) is 13.1. The number of carbonyl (C=O) groups is 2. The number of rotatable bonds is 1. The number of aromatic nitrogens is 4. The summed E-state index contributed by atoms with van der Waals surface area (Å²) in [7, 11) is 0. The number of halogens is 3. The Morgan fingerprint density at radius 3 is 2.17 bits per heavy atom. The van der Waals surface area contributed by atoms with Crippen molar-refractivity contribution in [1.29, 1.82) is 0 Å². The number of carboxylic acid groups (broad SMARTS) is 1. The molecule has 0 bridgehead atoms. The average Bonchev–Trinajstić information content (AvgIpc) is 2.86. The molecule has 1 aromatic rings. The van der Waals surface area contributed by atoms with Gasteiger partial charge in [0, 0.05) is 0 Å². The summed E-state index contributed by atoms with van der Waals surface area (Å²) in [6, 6.07) is 0. The van der Waals surface area contributed by atoms with E-state index in [1.807, 2.05) is 20.8 Å². The fraction of sp³-hybridized carbons (Fsp3) is 0.727. The van der Waals surface area contributed by atoms with Crippen molar-refractivity contribution in [2.45, 2.75) is 38.1 Å². The number of hydrogen-bond acceptors (Lipinski definition) is 7. The molecule has 1 aliphatic heterocycles. The van der Waals surface area contributed by atoms with Crippen LogP contribution in [0.4, 0.5) is 18.0 Å². The van der Waals surface area contributed by atoms with Crippen molar-refractivity contribution in [2.24, 2.45) is 5.73 Å². The number of nitrogens with one attached hydrogen (secondary N) is 1. The van der Waals surface area contributed by atoms with Crippen LogP contribution in [0.2, 0.25) is 0 Å². The van der Waals surface area contributed by atoms with Gasteiger partial charge in [-0.2, -0.15) is 18.4 Å². The molecular weight excluding hydrogens is 337 g/mol. The van der Waals surface area contributed by atoms with E-state index >= 15 is 0 Å². The average molecular weight is 354 g/mol. The highest BCUT2D eigenvalue weighted by atomic mass is 19.4. The number of H-pyrrole nitrogens is 1. The maximum Gasteiger partial charge on any atom is 0.490 e. The van der Waals surface area contributed by atoms with E-state index in [9.17, 15) is 18.0 Å². The van der Waals surface area contributed by atoms with Crippen molar-refractivity contribution in [1.82, 2.24) is 25.5 Å². The fourth-order valence-electron chi connectivity index (χ4n) is 1.60. The Morgan fingerprint density at radius 1 is 1.33 bits per heavy atom. The van der Waals surface area contributed by atoms with Gasteiger partial charge in [0.2, 0.25) is 0 Å². The van der Waals surface area contributed by atoms with Crippen LogP contribution in [0.5, 0.6) is 0 Å². The fourth-order valence-corrected chi connectivity index (χ4v) is 1.60. The van der Waals surface area contributed by atoms with E-state index in [0.29, 0.717) is 18.9 Å². The van der Waals surface area contributed by atoms with E-state index in [1.54, 1.807) is 0 Å². The molecule has 136 valence electrons. The van der Waals surface area contributed by atoms with Crippen LogP contribution in [0.15, 0.2) is 0 Å². The summed E-state index contributed by atoms with van der Waals surface area (Å²) >= 11 is 0. The van der Waals surface area contributed by atoms with E-state index in [0.717, 1.165) is 0 Å². The normalized spacial score (nSPS) is 16.5. The standard InChI is InChI=1S/C9H16N6O2.C2HF3O2/c1-8(2,3)17-7(16)15-4-9(10,5-15)6-11-13-14-12-6;3-2(4,5)1(6)7/h4-5,10H2,1-3H3,(H,11,12,13,14);(H,6,7). The monoisotopic (exact) mass is 354 g/mol. The number of nitrogens with zero attached hydrogens (tertiary/aromatic N) is 4. The summed E-state index contributed by atoms with van der Waals surface area (Å²) in [6.45, 7) is 6.13. The van der Waals surface area contributed by atoms with Crippen LogP contribution in [0.1, 0.15) is 26.6 Å². The van der Waals surface area contributed by atoms with E-state index in [2.05, 4.69) is 20.6 Å². The summed E-state index contributed by atoms with van der Waals surface area (Å²) < 4.78 is 37.0. The maximum atomic E-state index is 11.7. The van der Waals surface area contributed by atoms with Crippen LogP contribution in [0.25, 0.3) is 0 Å². The number of tetrazole rings is 1. The summed E-state index contributed by atoms with van der Waals surface area (Å²) in [5.74, 6) is -2.34. The Bertz CT molecular complexity index is 578. The van der Waals surface area contributed by atoms with Gasteiger partial charge in [-0.15, -0.1) is 10.2 Å². The highest BCUT2D eigenvalue weighted by Crippen LogP contribution is 2.27. The molecule has 2 heterocycles. The van der Waals surface area contributed by atoms with Gasteiger partial charge in [-0.05, 0) is 20.8 Å². The number of hydrogen-bond donors (Lipinski definition) is 3. The quantitative estimate of drug-likeness (QED) is 0.649. The Morgan fingerprint density at radius 2 is 1.83 bits per heavy atom. The summed E-state index contributed by atoms with van der Waals surface area (Å²) in [4.78, 5) is 22.1. The van der Waals surface area contributed by atoms with Gasteiger partial charge in [0.1, 0.15) is 11.1 Å². The molecule has 1 fully saturated rings. The highest BCUT2D eigenvalue weighted by molar-refractivity contribution is 5.73. The number of likely N-dealkylation sites (tertiary alicyclic amines) is 1.